The summed E-state index contributed by atoms with van der Waals surface area (Å²) in [5.74, 6) is 0.513. The fourth-order valence-electron chi connectivity index (χ4n) is 2.47. The van der Waals surface area contributed by atoms with Crippen LogP contribution in [0.15, 0.2) is 0 Å². The maximum absolute atomic E-state index is 11.4. The van der Waals surface area contributed by atoms with Gasteiger partial charge in [-0.15, -0.1) is 0 Å². The van der Waals surface area contributed by atoms with Gasteiger partial charge in [-0.2, -0.15) is 0 Å². The van der Waals surface area contributed by atoms with E-state index in [2.05, 4.69) is 0 Å². The Kier molecular flexibility index (Phi) is 22.7. The van der Waals surface area contributed by atoms with Crippen LogP contribution in [0.4, 0.5) is 0 Å². The van der Waals surface area contributed by atoms with E-state index in [1.54, 1.807) is 0 Å². The zero-order chi connectivity index (χ0) is 31.9. The largest absolute Gasteiger partial charge is 3.00 e. The normalized spacial score (nSPS) is 11.2. The molecule has 40 heavy (non-hydrogen) atoms. The number of hydrogen-bond acceptors (Lipinski definition) is 6. The monoisotopic (exact) mass is 601 g/mol. The summed E-state index contributed by atoms with van der Waals surface area (Å²) in [5, 5.41) is 0. The average Bonchev–Trinajstić information content (AvgIpc) is 2.64. The Balaban J connectivity index is -0.000000240. The van der Waals surface area contributed by atoms with Gasteiger partial charge in [-0.1, -0.05) is 104 Å². The molecule has 0 spiro atoms. The van der Waals surface area contributed by atoms with Crippen LogP contribution in [0.3, 0.4) is 0 Å². The zero-order valence-electron chi connectivity index (χ0n) is 27.9. The van der Waals surface area contributed by atoms with Crippen LogP contribution in [0.2, 0.25) is 0 Å². The summed E-state index contributed by atoms with van der Waals surface area (Å²) in [6, 6.07) is 0. The van der Waals surface area contributed by atoms with Crippen LogP contribution >= 0.6 is 0 Å². The van der Waals surface area contributed by atoms with Crippen LogP contribution in [0, 0.1) is 53.3 Å². The van der Waals surface area contributed by atoms with E-state index in [4.69, 9.17) is 0 Å². The summed E-state index contributed by atoms with van der Waals surface area (Å²) in [5.41, 5.74) is -1.31. The molecule has 0 aliphatic carbocycles. The van der Waals surface area contributed by atoms with Crippen molar-refractivity contribution in [3.63, 3.8) is 0 Å². The first-order valence-corrected chi connectivity index (χ1v) is 14.0. The second-order valence-electron chi connectivity index (χ2n) is 14.5. The molecular weight excluding hydrogens is 544 g/mol. The summed E-state index contributed by atoms with van der Waals surface area (Å²) < 4.78 is 0. The minimum atomic E-state index is -0.438. The smallest absolute Gasteiger partial charge is 0.334 e. The second-order valence-corrected chi connectivity index (χ2v) is 14.5. The molecule has 231 valence electrons. The second kappa shape index (κ2) is 20.1. The summed E-state index contributed by atoms with van der Waals surface area (Å²) in [6.45, 7) is 28.1. The molecule has 0 bridgehead atoms. The van der Waals surface area contributed by atoms with E-state index in [1.807, 2.05) is 104 Å². The van der Waals surface area contributed by atoms with E-state index in [0.717, 1.165) is 0 Å². The molecule has 0 aromatic carbocycles. The zero-order valence-corrected chi connectivity index (χ0v) is 29.2. The van der Waals surface area contributed by atoms with Crippen molar-refractivity contribution in [2.24, 2.45) is 34.0 Å². The van der Waals surface area contributed by atoms with Crippen molar-refractivity contribution in [2.45, 2.75) is 123 Å². The van der Waals surface area contributed by atoms with Crippen LogP contribution in [0.25, 0.3) is 0 Å². The predicted octanol–water partition coefficient (Wildman–Crippen LogP) is 7.26. The Labute approximate surface area is 256 Å². The summed E-state index contributed by atoms with van der Waals surface area (Å²) in [6.07, 6.45) is 5.09. The number of Topliss-reactive ketones (excluding diaryl/α,β-unsaturated/α-hetero) is 6. The van der Waals surface area contributed by atoms with Gasteiger partial charge in [0.1, 0.15) is 0 Å². The molecule has 0 unspecified atom stereocenters. The molecule has 0 aliphatic rings. The summed E-state index contributed by atoms with van der Waals surface area (Å²) in [4.78, 5) is 67.8. The molecule has 6 nitrogen and oxygen atoms in total. The van der Waals surface area contributed by atoms with Gasteiger partial charge in [-0.25, -0.2) is 0 Å². The minimum Gasteiger partial charge on any atom is -0.334 e. The molecule has 0 amide bonds. The van der Waals surface area contributed by atoms with Gasteiger partial charge in [0.15, 0.2) is 0 Å². The molecule has 0 aromatic heterocycles. The average molecular weight is 602 g/mol. The molecular formula is C33H57CrO6. The summed E-state index contributed by atoms with van der Waals surface area (Å²) in [7, 11) is 0. The fourth-order valence-corrected chi connectivity index (χ4v) is 2.47. The number of carbonyl (C=O) groups excluding carboxylic acids is 6. The third-order valence-corrected chi connectivity index (χ3v) is 4.92. The van der Waals surface area contributed by atoms with Gasteiger partial charge < -0.3 is 28.8 Å². The SMILES string of the molecule is CC(C)CC(=O)[CH-]C(=O)C(C)(C)C.CC(C)CC(=O)[CH-]C(=O)C(C)(C)C.CC(C)CC(=O)[CH-]C(=O)C(C)(C)C.[Cr+3]. The van der Waals surface area contributed by atoms with E-state index in [-0.39, 0.29) is 52.1 Å². The Bertz CT molecular complexity index is 706. The molecule has 7 heteroatoms. The van der Waals surface area contributed by atoms with Gasteiger partial charge in [0.05, 0.1) is 0 Å². The van der Waals surface area contributed by atoms with Crippen molar-refractivity contribution in [1.82, 2.24) is 0 Å². The van der Waals surface area contributed by atoms with E-state index >= 15 is 0 Å². The molecule has 0 fully saturated rings. The van der Waals surface area contributed by atoms with Crippen LogP contribution in [-0.4, -0.2) is 34.7 Å². The maximum atomic E-state index is 11.4. The first kappa shape index (κ1) is 45.2. The van der Waals surface area contributed by atoms with Crippen molar-refractivity contribution < 1.29 is 46.1 Å². The van der Waals surface area contributed by atoms with Crippen LogP contribution in [0.1, 0.15) is 123 Å². The molecule has 0 aliphatic heterocycles. The molecule has 1 radical (unpaired) electrons. The van der Waals surface area contributed by atoms with Crippen LogP contribution in [-0.2, 0) is 46.1 Å². The number of carbonyl (C=O) groups is 6. The molecule has 0 heterocycles. The van der Waals surface area contributed by atoms with Crippen molar-refractivity contribution in [1.29, 1.82) is 0 Å². The van der Waals surface area contributed by atoms with Gasteiger partial charge in [-0.05, 0) is 53.3 Å². The van der Waals surface area contributed by atoms with Crippen LogP contribution in [0.5, 0.6) is 0 Å². The number of hydrogen-bond donors (Lipinski definition) is 0. The Morgan fingerprint density at radius 1 is 0.425 bits per heavy atom. The predicted molar refractivity (Wildman–Crippen MR) is 160 cm³/mol. The maximum Gasteiger partial charge on any atom is 3.00 e. The Hall–Kier alpha value is -1.84. The number of rotatable bonds is 12. The van der Waals surface area contributed by atoms with Crippen LogP contribution < -0.4 is 0 Å². The quantitative estimate of drug-likeness (QED) is 0.172. The molecule has 0 saturated heterocycles. The topological polar surface area (TPSA) is 102 Å². The third kappa shape index (κ3) is 27.7. The minimum absolute atomic E-state index is 0. The standard InChI is InChI=1S/3C11H19O2.Cr/c3*1-8(2)6-9(12)7-10(13)11(3,4)5;/h3*7-8H,6H2,1-5H3;/q3*-1;+3. The first-order chi connectivity index (χ1) is 17.2. The van der Waals surface area contributed by atoms with Crippen molar-refractivity contribution >= 4 is 34.7 Å². The van der Waals surface area contributed by atoms with Crippen molar-refractivity contribution in [3.8, 4) is 0 Å². The van der Waals surface area contributed by atoms with Gasteiger partial charge in [-0.3, -0.25) is 19.3 Å². The van der Waals surface area contributed by atoms with E-state index in [1.165, 1.54) is 19.3 Å². The molecule has 0 rings (SSSR count). The van der Waals surface area contributed by atoms with E-state index in [0.29, 0.717) is 37.0 Å². The van der Waals surface area contributed by atoms with Gasteiger partial charge >= 0.3 is 17.4 Å². The van der Waals surface area contributed by atoms with Crippen molar-refractivity contribution in [3.05, 3.63) is 19.3 Å². The molecule has 0 N–H and O–H groups in total. The molecule has 0 saturated carbocycles. The first-order valence-electron chi connectivity index (χ1n) is 14.0. The van der Waals surface area contributed by atoms with Gasteiger partial charge in [0.2, 0.25) is 0 Å². The Morgan fingerprint density at radius 2 is 0.575 bits per heavy atom. The summed E-state index contributed by atoms with van der Waals surface area (Å²) >= 11 is 0. The van der Waals surface area contributed by atoms with E-state index in [9.17, 15) is 28.8 Å². The van der Waals surface area contributed by atoms with E-state index < -0.39 is 16.2 Å². The van der Waals surface area contributed by atoms with Gasteiger partial charge in [0.25, 0.3) is 0 Å². The molecule has 0 atom stereocenters. The fraction of sp³-hybridized carbons (Fsp3) is 0.727. The third-order valence-electron chi connectivity index (χ3n) is 4.92. The van der Waals surface area contributed by atoms with Gasteiger partial charge in [0, 0.05) is 34.7 Å². The molecule has 0 aromatic rings. The van der Waals surface area contributed by atoms with Crippen molar-refractivity contribution in [2.75, 3.05) is 0 Å². The number of ketones is 6. The Morgan fingerprint density at radius 3 is 0.675 bits per heavy atom.